The second-order valence-electron chi connectivity index (χ2n) is 2.76. The van der Waals surface area contributed by atoms with Crippen molar-refractivity contribution in [2.45, 2.75) is 6.92 Å². The zero-order valence-electron chi connectivity index (χ0n) is 7.80. The second kappa shape index (κ2) is 4.12. The predicted molar refractivity (Wildman–Crippen MR) is 52.2 cm³/mol. The molecule has 0 fully saturated rings. The Labute approximate surface area is 86.9 Å². The van der Waals surface area contributed by atoms with E-state index in [2.05, 4.69) is 4.74 Å². The molecule has 14 heavy (non-hydrogen) atoms. The smallest absolute Gasteiger partial charge is 0.337 e. The fourth-order valence-corrected chi connectivity index (χ4v) is 1.24. The minimum Gasteiger partial charge on any atom is -0.465 e. The molecule has 1 aromatic carbocycles. The van der Waals surface area contributed by atoms with Gasteiger partial charge in [-0.1, -0.05) is 11.6 Å². The fourth-order valence-electron chi connectivity index (χ4n) is 1.09. The number of carbonyl (C=O) groups excluding carboxylic acids is 1. The third kappa shape index (κ3) is 1.86. The van der Waals surface area contributed by atoms with E-state index in [4.69, 9.17) is 16.9 Å². The second-order valence-corrected chi connectivity index (χ2v) is 3.14. The summed E-state index contributed by atoms with van der Waals surface area (Å²) in [5, 5.41) is 9.11. The largest absolute Gasteiger partial charge is 0.465 e. The lowest BCUT2D eigenvalue weighted by molar-refractivity contribution is 0.0600. The van der Waals surface area contributed by atoms with E-state index in [1.54, 1.807) is 13.0 Å². The number of aryl methyl sites for hydroxylation is 1. The fraction of sp³-hybridized carbons (Fsp3) is 0.200. The molecule has 0 aliphatic rings. The first-order valence-electron chi connectivity index (χ1n) is 3.88. The number of ether oxygens (including phenoxy) is 1. The molecule has 0 aliphatic carbocycles. The van der Waals surface area contributed by atoms with Crippen molar-refractivity contribution in [3.63, 3.8) is 0 Å². The number of hydrogen-bond donors (Lipinski definition) is 0. The molecule has 3 nitrogen and oxygen atoms in total. The Hall–Kier alpha value is -1.53. The number of methoxy groups -OCH3 is 1. The van der Waals surface area contributed by atoms with E-state index in [0.717, 1.165) is 0 Å². The molecule has 0 radical (unpaired) electrons. The normalized spacial score (nSPS) is 9.29. The Kier molecular flexibility index (Phi) is 3.10. The van der Waals surface area contributed by atoms with Gasteiger partial charge in [-0.25, -0.2) is 4.79 Å². The molecule has 0 saturated carbocycles. The number of hydrogen-bond acceptors (Lipinski definition) is 3. The highest BCUT2D eigenvalue weighted by Crippen LogP contribution is 2.22. The molecular weight excluding hydrogens is 202 g/mol. The monoisotopic (exact) mass is 209 g/mol. The van der Waals surface area contributed by atoms with Gasteiger partial charge in [-0.2, -0.15) is 5.26 Å². The van der Waals surface area contributed by atoms with E-state index in [9.17, 15) is 4.79 Å². The van der Waals surface area contributed by atoms with Gasteiger partial charge in [-0.15, -0.1) is 0 Å². The summed E-state index contributed by atoms with van der Waals surface area (Å²) in [6.07, 6.45) is 0. The minimum atomic E-state index is -0.471. The maximum atomic E-state index is 11.2. The molecule has 0 saturated heterocycles. The molecule has 0 heterocycles. The lowest BCUT2D eigenvalue weighted by atomic mass is 10.1. The molecule has 1 rings (SSSR count). The van der Waals surface area contributed by atoms with E-state index in [0.29, 0.717) is 16.1 Å². The molecule has 0 amide bonds. The quantitative estimate of drug-likeness (QED) is 0.667. The van der Waals surface area contributed by atoms with Gasteiger partial charge in [0.15, 0.2) is 0 Å². The molecule has 0 atom stereocenters. The van der Waals surface area contributed by atoms with Crippen LogP contribution in [0.1, 0.15) is 21.5 Å². The highest BCUT2D eigenvalue weighted by molar-refractivity contribution is 6.32. The Morgan fingerprint density at radius 1 is 1.57 bits per heavy atom. The Bertz CT molecular complexity index is 421. The number of esters is 1. The minimum absolute atomic E-state index is 0.284. The Balaban J connectivity index is 3.32. The summed E-state index contributed by atoms with van der Waals surface area (Å²) >= 11 is 5.84. The highest BCUT2D eigenvalue weighted by atomic mass is 35.5. The van der Waals surface area contributed by atoms with Crippen molar-refractivity contribution < 1.29 is 9.53 Å². The summed E-state index contributed by atoms with van der Waals surface area (Å²) in [6, 6.07) is 4.93. The van der Waals surface area contributed by atoms with Gasteiger partial charge in [-0.05, 0) is 24.6 Å². The summed E-state index contributed by atoms with van der Waals surface area (Å²) in [7, 11) is 1.29. The van der Waals surface area contributed by atoms with Crippen LogP contribution < -0.4 is 0 Å². The molecule has 0 spiro atoms. The number of nitrogens with zero attached hydrogens (tertiary/aromatic N) is 1. The predicted octanol–water partition coefficient (Wildman–Crippen LogP) is 2.31. The van der Waals surface area contributed by atoms with Gasteiger partial charge in [0.05, 0.1) is 23.3 Å². The maximum absolute atomic E-state index is 11.2. The van der Waals surface area contributed by atoms with Gasteiger partial charge in [-0.3, -0.25) is 0 Å². The zero-order valence-corrected chi connectivity index (χ0v) is 8.55. The third-order valence-electron chi connectivity index (χ3n) is 1.80. The van der Waals surface area contributed by atoms with E-state index < -0.39 is 5.97 Å². The lowest BCUT2D eigenvalue weighted by Crippen LogP contribution is -2.02. The van der Waals surface area contributed by atoms with E-state index >= 15 is 0 Å². The standard InChI is InChI=1S/C10H8ClNO2/c1-6-3-7(10(13)14-2)4-8(5-12)9(6)11/h3-4H,1-2H3. The molecule has 72 valence electrons. The van der Waals surface area contributed by atoms with Gasteiger partial charge < -0.3 is 4.74 Å². The first kappa shape index (κ1) is 10.6. The number of rotatable bonds is 1. The van der Waals surface area contributed by atoms with Gasteiger partial charge >= 0.3 is 5.97 Å². The molecular formula is C10H8ClNO2. The summed E-state index contributed by atoms with van der Waals surface area (Å²) in [5.41, 5.74) is 1.31. The van der Waals surface area contributed by atoms with Crippen molar-refractivity contribution in [2.75, 3.05) is 7.11 Å². The Morgan fingerprint density at radius 3 is 2.71 bits per heavy atom. The summed E-state index contributed by atoms with van der Waals surface area (Å²) in [6.45, 7) is 1.73. The summed E-state index contributed by atoms with van der Waals surface area (Å²) < 4.78 is 4.54. The van der Waals surface area contributed by atoms with E-state index in [-0.39, 0.29) is 5.56 Å². The van der Waals surface area contributed by atoms with E-state index in [1.807, 2.05) is 6.07 Å². The van der Waals surface area contributed by atoms with Crippen LogP contribution in [0.4, 0.5) is 0 Å². The first-order valence-corrected chi connectivity index (χ1v) is 4.26. The van der Waals surface area contributed by atoms with Crippen molar-refractivity contribution >= 4 is 17.6 Å². The SMILES string of the molecule is COC(=O)c1cc(C)c(Cl)c(C#N)c1. The van der Waals surface area contributed by atoms with Crippen LogP contribution in [0.25, 0.3) is 0 Å². The van der Waals surface area contributed by atoms with Crippen molar-refractivity contribution in [3.8, 4) is 6.07 Å². The van der Waals surface area contributed by atoms with Crippen molar-refractivity contribution in [3.05, 3.63) is 33.8 Å². The molecule has 0 unspecified atom stereocenters. The highest BCUT2D eigenvalue weighted by Gasteiger charge is 2.11. The number of carbonyl (C=O) groups is 1. The van der Waals surface area contributed by atoms with Crippen LogP contribution in [0.15, 0.2) is 12.1 Å². The first-order chi connectivity index (χ1) is 6.60. The summed E-state index contributed by atoms with van der Waals surface area (Å²) in [5.74, 6) is -0.471. The number of benzene rings is 1. The van der Waals surface area contributed by atoms with Crippen LogP contribution >= 0.6 is 11.6 Å². The van der Waals surface area contributed by atoms with Crippen LogP contribution in [0.2, 0.25) is 5.02 Å². The topological polar surface area (TPSA) is 50.1 Å². The van der Waals surface area contributed by atoms with Crippen LogP contribution in [-0.4, -0.2) is 13.1 Å². The van der Waals surface area contributed by atoms with Crippen molar-refractivity contribution in [1.82, 2.24) is 0 Å². The van der Waals surface area contributed by atoms with Crippen LogP contribution in [0.5, 0.6) is 0 Å². The van der Waals surface area contributed by atoms with Crippen LogP contribution in [0, 0.1) is 18.3 Å². The van der Waals surface area contributed by atoms with Crippen molar-refractivity contribution in [1.29, 1.82) is 5.26 Å². The van der Waals surface area contributed by atoms with Gasteiger partial charge in [0.2, 0.25) is 0 Å². The van der Waals surface area contributed by atoms with Gasteiger partial charge in [0, 0.05) is 0 Å². The maximum Gasteiger partial charge on any atom is 0.337 e. The zero-order chi connectivity index (χ0) is 10.7. The number of nitriles is 1. The Morgan fingerprint density at radius 2 is 2.21 bits per heavy atom. The average Bonchev–Trinajstić information content (AvgIpc) is 2.20. The molecule has 0 bridgehead atoms. The number of halogens is 1. The van der Waals surface area contributed by atoms with Crippen LogP contribution in [0.3, 0.4) is 0 Å². The molecule has 4 heteroatoms. The van der Waals surface area contributed by atoms with Gasteiger partial charge in [0.25, 0.3) is 0 Å². The average molecular weight is 210 g/mol. The molecule has 1 aromatic rings. The summed E-state index contributed by atoms with van der Waals surface area (Å²) in [4.78, 5) is 11.2. The molecule has 0 N–H and O–H groups in total. The lowest BCUT2D eigenvalue weighted by Gasteiger charge is -2.04. The van der Waals surface area contributed by atoms with Gasteiger partial charge in [0.1, 0.15) is 6.07 Å². The molecule has 0 aliphatic heterocycles. The molecule has 0 aromatic heterocycles. The third-order valence-corrected chi connectivity index (χ3v) is 2.30. The van der Waals surface area contributed by atoms with Crippen molar-refractivity contribution in [2.24, 2.45) is 0 Å². The van der Waals surface area contributed by atoms with Crippen LogP contribution in [-0.2, 0) is 4.74 Å². The van der Waals surface area contributed by atoms with E-state index in [1.165, 1.54) is 13.2 Å².